The van der Waals surface area contributed by atoms with Gasteiger partial charge in [-0.3, -0.25) is 4.79 Å². The Kier molecular flexibility index (Phi) is 6.76. The number of hydrogen-bond donors (Lipinski definition) is 1. The van der Waals surface area contributed by atoms with Crippen molar-refractivity contribution in [3.8, 4) is 11.5 Å². The summed E-state index contributed by atoms with van der Waals surface area (Å²) in [5.74, 6) is 1.05. The molecule has 2 aliphatic heterocycles. The molecule has 0 unspecified atom stereocenters. The number of rotatable bonds is 7. The van der Waals surface area contributed by atoms with Crippen LogP contribution in [0.25, 0.3) is 0 Å². The maximum atomic E-state index is 12.9. The zero-order chi connectivity index (χ0) is 22.6. The van der Waals surface area contributed by atoms with Gasteiger partial charge in [-0.05, 0) is 68.5 Å². The Labute approximate surface area is 188 Å². The Morgan fingerprint density at radius 3 is 2.66 bits per heavy atom. The number of amides is 1. The summed E-state index contributed by atoms with van der Waals surface area (Å²) >= 11 is 0. The smallest absolute Gasteiger partial charge is 0.271 e. The Morgan fingerprint density at radius 1 is 1.06 bits per heavy atom. The summed E-state index contributed by atoms with van der Waals surface area (Å²) in [4.78, 5) is 12.7. The number of ether oxygens (including phenoxy) is 2. The summed E-state index contributed by atoms with van der Waals surface area (Å²) in [5.41, 5.74) is 4.64. The highest BCUT2D eigenvalue weighted by Crippen LogP contribution is 2.32. The monoisotopic (exact) mass is 457 g/mol. The highest BCUT2D eigenvalue weighted by Gasteiger charge is 2.26. The summed E-state index contributed by atoms with van der Waals surface area (Å²) in [5, 5.41) is 4.17. The molecule has 0 aromatic heterocycles. The number of benzene rings is 2. The molecule has 2 aliphatic rings. The van der Waals surface area contributed by atoms with Crippen molar-refractivity contribution < 1.29 is 22.7 Å². The Morgan fingerprint density at radius 2 is 1.84 bits per heavy atom. The molecule has 2 aromatic carbocycles. The molecule has 2 heterocycles. The Balaban J connectivity index is 1.36. The minimum atomic E-state index is -3.59. The molecular weight excluding hydrogens is 430 g/mol. The highest BCUT2D eigenvalue weighted by molar-refractivity contribution is 7.89. The van der Waals surface area contributed by atoms with Crippen molar-refractivity contribution in [1.82, 2.24) is 9.73 Å². The van der Waals surface area contributed by atoms with E-state index in [0.29, 0.717) is 19.5 Å². The third-order valence-electron chi connectivity index (χ3n) is 5.61. The standard InChI is InChI=1S/C23H27N3O5S/c1-17(8-9-18-10-11-21-22(14-18)31-16-30-21)24-25-23(27)19-6-5-7-20(15-19)32(28,29)26-12-3-2-4-13-26/h5-7,10-11,14-15H,2-4,8-9,12-13,16H2,1H3,(H,25,27)/b24-17+. The van der Waals surface area contributed by atoms with Gasteiger partial charge >= 0.3 is 0 Å². The minimum Gasteiger partial charge on any atom is -0.454 e. The predicted molar refractivity (Wildman–Crippen MR) is 121 cm³/mol. The van der Waals surface area contributed by atoms with Crippen LogP contribution in [0.5, 0.6) is 11.5 Å². The first-order valence-corrected chi connectivity index (χ1v) is 12.2. The topological polar surface area (TPSA) is 97.3 Å². The summed E-state index contributed by atoms with van der Waals surface area (Å²) < 4.78 is 37.9. The van der Waals surface area contributed by atoms with Crippen LogP contribution in [0.3, 0.4) is 0 Å². The molecule has 0 bridgehead atoms. The quantitative estimate of drug-likeness (QED) is 0.508. The molecule has 32 heavy (non-hydrogen) atoms. The van der Waals surface area contributed by atoms with Crippen LogP contribution in [0.2, 0.25) is 0 Å². The third kappa shape index (κ3) is 5.11. The average Bonchev–Trinajstić information content (AvgIpc) is 3.30. The van der Waals surface area contributed by atoms with Crippen molar-refractivity contribution >= 4 is 21.6 Å². The van der Waals surface area contributed by atoms with Crippen molar-refractivity contribution in [2.24, 2.45) is 5.10 Å². The fourth-order valence-corrected chi connectivity index (χ4v) is 5.30. The van der Waals surface area contributed by atoms with E-state index in [4.69, 9.17) is 9.47 Å². The predicted octanol–water partition coefficient (Wildman–Crippen LogP) is 3.33. The minimum absolute atomic E-state index is 0.135. The van der Waals surface area contributed by atoms with Crippen LogP contribution >= 0.6 is 0 Å². The van der Waals surface area contributed by atoms with Gasteiger partial charge in [0.2, 0.25) is 16.8 Å². The number of hydrogen-bond acceptors (Lipinski definition) is 6. The number of carbonyl (C=O) groups excluding carboxylic acids is 1. The molecule has 0 spiro atoms. The van der Waals surface area contributed by atoms with Gasteiger partial charge in [0.15, 0.2) is 11.5 Å². The van der Waals surface area contributed by atoms with E-state index in [0.717, 1.165) is 48.5 Å². The van der Waals surface area contributed by atoms with E-state index in [1.165, 1.54) is 16.4 Å². The lowest BCUT2D eigenvalue weighted by Crippen LogP contribution is -2.35. The van der Waals surface area contributed by atoms with Crippen LogP contribution in [0.4, 0.5) is 0 Å². The Bertz CT molecular complexity index is 1120. The first-order valence-electron chi connectivity index (χ1n) is 10.8. The van der Waals surface area contributed by atoms with Gasteiger partial charge in [-0.25, -0.2) is 13.8 Å². The molecular formula is C23H27N3O5S. The molecule has 0 radical (unpaired) electrons. The zero-order valence-corrected chi connectivity index (χ0v) is 18.9. The van der Waals surface area contributed by atoms with Crippen LogP contribution in [-0.4, -0.2) is 44.2 Å². The Hall–Kier alpha value is -2.91. The van der Waals surface area contributed by atoms with E-state index in [9.17, 15) is 13.2 Å². The fourth-order valence-electron chi connectivity index (χ4n) is 3.74. The number of fused-ring (bicyclic) bond motifs is 1. The summed E-state index contributed by atoms with van der Waals surface area (Å²) in [6, 6.07) is 11.9. The highest BCUT2D eigenvalue weighted by atomic mass is 32.2. The molecule has 4 rings (SSSR count). The molecule has 8 nitrogen and oxygen atoms in total. The van der Waals surface area contributed by atoms with Gasteiger partial charge in [0, 0.05) is 24.4 Å². The van der Waals surface area contributed by atoms with Crippen molar-refractivity contribution in [3.05, 3.63) is 53.6 Å². The van der Waals surface area contributed by atoms with Gasteiger partial charge in [0.1, 0.15) is 0 Å². The number of piperidine rings is 1. The van der Waals surface area contributed by atoms with E-state index in [1.54, 1.807) is 12.1 Å². The fraction of sp³-hybridized carbons (Fsp3) is 0.391. The van der Waals surface area contributed by atoms with Gasteiger partial charge in [-0.1, -0.05) is 18.6 Å². The molecule has 9 heteroatoms. The molecule has 1 N–H and O–H groups in total. The van der Waals surface area contributed by atoms with Gasteiger partial charge in [-0.2, -0.15) is 9.41 Å². The van der Waals surface area contributed by atoms with E-state index < -0.39 is 15.9 Å². The SMILES string of the molecule is C/C(CCc1ccc2c(c1)OCO2)=N\NC(=O)c1cccc(S(=O)(=O)N2CCCCC2)c1. The maximum absolute atomic E-state index is 12.9. The van der Waals surface area contributed by atoms with Crippen LogP contribution in [0.15, 0.2) is 52.5 Å². The summed E-state index contributed by atoms with van der Waals surface area (Å²) in [7, 11) is -3.59. The van der Waals surface area contributed by atoms with Crippen molar-refractivity contribution in [1.29, 1.82) is 0 Å². The molecule has 1 fully saturated rings. The van der Waals surface area contributed by atoms with Crippen molar-refractivity contribution in [2.45, 2.75) is 43.9 Å². The van der Waals surface area contributed by atoms with E-state index in [1.807, 2.05) is 25.1 Å². The van der Waals surface area contributed by atoms with E-state index in [-0.39, 0.29) is 17.3 Å². The maximum Gasteiger partial charge on any atom is 0.271 e. The van der Waals surface area contributed by atoms with Crippen molar-refractivity contribution in [2.75, 3.05) is 19.9 Å². The summed E-state index contributed by atoms with van der Waals surface area (Å²) in [6.45, 7) is 3.12. The largest absolute Gasteiger partial charge is 0.454 e. The first-order chi connectivity index (χ1) is 15.4. The van der Waals surface area contributed by atoms with Gasteiger partial charge < -0.3 is 9.47 Å². The lowest BCUT2D eigenvalue weighted by Gasteiger charge is -2.25. The number of aryl methyl sites for hydroxylation is 1. The molecule has 0 aliphatic carbocycles. The van der Waals surface area contributed by atoms with Gasteiger partial charge in [0.25, 0.3) is 5.91 Å². The number of sulfonamides is 1. The van der Waals surface area contributed by atoms with Gasteiger partial charge in [-0.15, -0.1) is 0 Å². The molecule has 1 amide bonds. The van der Waals surface area contributed by atoms with Crippen molar-refractivity contribution in [3.63, 3.8) is 0 Å². The lowest BCUT2D eigenvalue weighted by molar-refractivity contribution is 0.0954. The first kappa shape index (κ1) is 22.3. The second-order valence-electron chi connectivity index (χ2n) is 7.97. The third-order valence-corrected chi connectivity index (χ3v) is 7.50. The second-order valence-corrected chi connectivity index (χ2v) is 9.91. The molecule has 1 saturated heterocycles. The van der Waals surface area contributed by atoms with Crippen LogP contribution in [-0.2, 0) is 16.4 Å². The molecule has 0 atom stereocenters. The number of hydrazone groups is 1. The molecule has 0 saturated carbocycles. The molecule has 2 aromatic rings. The summed E-state index contributed by atoms with van der Waals surface area (Å²) in [6.07, 6.45) is 4.16. The lowest BCUT2D eigenvalue weighted by atomic mass is 10.1. The van der Waals surface area contributed by atoms with Gasteiger partial charge in [0.05, 0.1) is 4.90 Å². The van der Waals surface area contributed by atoms with E-state index in [2.05, 4.69) is 10.5 Å². The normalized spacial score (nSPS) is 16.7. The number of nitrogens with one attached hydrogen (secondary N) is 1. The number of carbonyl (C=O) groups is 1. The van der Waals surface area contributed by atoms with Crippen LogP contribution in [0, 0.1) is 0 Å². The molecule has 170 valence electrons. The second kappa shape index (κ2) is 9.70. The average molecular weight is 458 g/mol. The zero-order valence-electron chi connectivity index (χ0n) is 18.0. The van der Waals surface area contributed by atoms with E-state index >= 15 is 0 Å². The van der Waals surface area contributed by atoms with Crippen LogP contribution in [0.1, 0.15) is 48.5 Å². The van der Waals surface area contributed by atoms with Crippen LogP contribution < -0.4 is 14.9 Å². The number of nitrogens with zero attached hydrogens (tertiary/aromatic N) is 2.